The van der Waals surface area contributed by atoms with Gasteiger partial charge in [-0.15, -0.1) is 0 Å². The largest absolute Gasteiger partial charge is 0.483 e. The Hall–Kier alpha value is -2.22. The Morgan fingerprint density at radius 3 is 2.45 bits per heavy atom. The zero-order valence-corrected chi connectivity index (χ0v) is 17.3. The summed E-state index contributed by atoms with van der Waals surface area (Å²) in [5.41, 5.74) is 3.23. The molecular formula is C22H25NO5S. The van der Waals surface area contributed by atoms with Gasteiger partial charge in [0.15, 0.2) is 6.10 Å². The third kappa shape index (κ3) is 4.22. The predicted molar refractivity (Wildman–Crippen MR) is 109 cm³/mol. The number of sulfonamides is 1. The van der Waals surface area contributed by atoms with Crippen LogP contribution in [0.2, 0.25) is 0 Å². The van der Waals surface area contributed by atoms with Crippen molar-refractivity contribution in [2.75, 3.05) is 26.3 Å². The molecule has 0 N–H and O–H groups in total. The average molecular weight is 416 g/mol. The van der Waals surface area contributed by atoms with E-state index >= 15 is 0 Å². The van der Waals surface area contributed by atoms with Crippen LogP contribution in [0.5, 0.6) is 5.75 Å². The molecule has 2 aromatic rings. The minimum Gasteiger partial charge on any atom is -0.483 e. The highest BCUT2D eigenvalue weighted by Crippen LogP contribution is 2.25. The molecule has 29 heavy (non-hydrogen) atoms. The molecule has 0 aromatic heterocycles. The fraction of sp³-hybridized carbons (Fsp3) is 0.409. The Labute approximate surface area is 171 Å². The van der Waals surface area contributed by atoms with Crippen molar-refractivity contribution in [2.24, 2.45) is 0 Å². The second-order valence-electron chi connectivity index (χ2n) is 7.45. The quantitative estimate of drug-likeness (QED) is 0.679. The Kier molecular flexibility index (Phi) is 5.72. The van der Waals surface area contributed by atoms with Gasteiger partial charge in [-0.3, -0.25) is 4.79 Å². The van der Waals surface area contributed by atoms with Gasteiger partial charge in [-0.1, -0.05) is 12.1 Å². The molecule has 2 aromatic carbocycles. The van der Waals surface area contributed by atoms with Crippen LogP contribution in [-0.2, 0) is 27.6 Å². The van der Waals surface area contributed by atoms with E-state index in [1.807, 2.05) is 18.2 Å². The van der Waals surface area contributed by atoms with E-state index < -0.39 is 16.1 Å². The second-order valence-corrected chi connectivity index (χ2v) is 9.39. The molecule has 1 saturated heterocycles. The Balaban J connectivity index is 1.43. The third-order valence-electron chi connectivity index (χ3n) is 5.50. The maximum Gasteiger partial charge on any atom is 0.243 e. The number of benzene rings is 2. The molecule has 4 rings (SSSR count). The first-order valence-electron chi connectivity index (χ1n) is 9.96. The van der Waals surface area contributed by atoms with Crippen LogP contribution in [0.25, 0.3) is 0 Å². The molecule has 0 amide bonds. The first-order valence-corrected chi connectivity index (χ1v) is 11.4. The summed E-state index contributed by atoms with van der Waals surface area (Å²) in [5, 5.41) is 0. The van der Waals surface area contributed by atoms with Crippen molar-refractivity contribution in [3.8, 4) is 5.75 Å². The molecule has 1 aliphatic carbocycles. The summed E-state index contributed by atoms with van der Waals surface area (Å²) in [7, 11) is -3.54. The molecular weight excluding hydrogens is 390 g/mol. The summed E-state index contributed by atoms with van der Waals surface area (Å²) in [5.74, 6) is 0.387. The molecule has 1 aliphatic heterocycles. The van der Waals surface area contributed by atoms with Crippen LogP contribution in [0.4, 0.5) is 0 Å². The maximum atomic E-state index is 12.7. The summed E-state index contributed by atoms with van der Waals surface area (Å²) in [6.07, 6.45) is 2.58. The van der Waals surface area contributed by atoms with E-state index in [0.717, 1.165) is 19.3 Å². The lowest BCUT2D eigenvalue weighted by molar-refractivity contribution is 0.0730. The minimum absolute atomic E-state index is 0.0790. The fourth-order valence-corrected chi connectivity index (χ4v) is 5.25. The lowest BCUT2D eigenvalue weighted by Gasteiger charge is -2.26. The monoisotopic (exact) mass is 415 g/mol. The number of Topliss-reactive ketones (excluding diaryl/α,β-unsaturated/α-hetero) is 1. The summed E-state index contributed by atoms with van der Waals surface area (Å²) < 4.78 is 37.8. The van der Waals surface area contributed by atoms with Crippen molar-refractivity contribution < 1.29 is 22.7 Å². The van der Waals surface area contributed by atoms with Gasteiger partial charge in [0.1, 0.15) is 5.75 Å². The van der Waals surface area contributed by atoms with E-state index in [1.54, 1.807) is 19.1 Å². The number of morpholine rings is 1. The van der Waals surface area contributed by atoms with Gasteiger partial charge in [-0.25, -0.2) is 8.42 Å². The third-order valence-corrected chi connectivity index (χ3v) is 7.41. The summed E-state index contributed by atoms with van der Waals surface area (Å²) >= 11 is 0. The average Bonchev–Trinajstić information content (AvgIpc) is 3.22. The smallest absolute Gasteiger partial charge is 0.243 e. The van der Waals surface area contributed by atoms with E-state index in [9.17, 15) is 13.2 Å². The van der Waals surface area contributed by atoms with Gasteiger partial charge >= 0.3 is 0 Å². The molecule has 154 valence electrons. The van der Waals surface area contributed by atoms with Crippen molar-refractivity contribution in [3.05, 3.63) is 59.2 Å². The molecule has 1 heterocycles. The SMILES string of the molecule is C[C@H](Oc1ccc(S(=O)(=O)N2CCOCC2)cc1)C(=O)c1ccc2c(c1)CCC2. The molecule has 6 nitrogen and oxygen atoms in total. The lowest BCUT2D eigenvalue weighted by Crippen LogP contribution is -2.40. The van der Waals surface area contributed by atoms with Gasteiger partial charge in [-0.2, -0.15) is 4.31 Å². The van der Waals surface area contributed by atoms with Crippen LogP contribution in [0, 0.1) is 0 Å². The number of aryl methyl sites for hydroxylation is 2. The van der Waals surface area contributed by atoms with Crippen molar-refractivity contribution >= 4 is 15.8 Å². The Bertz CT molecular complexity index is 994. The van der Waals surface area contributed by atoms with Gasteiger partial charge < -0.3 is 9.47 Å². The maximum absolute atomic E-state index is 12.7. The van der Waals surface area contributed by atoms with Gasteiger partial charge in [-0.05, 0) is 67.6 Å². The van der Waals surface area contributed by atoms with E-state index in [4.69, 9.17) is 9.47 Å². The van der Waals surface area contributed by atoms with Crippen LogP contribution in [0.1, 0.15) is 34.8 Å². The molecule has 2 aliphatic rings. The molecule has 0 radical (unpaired) electrons. The molecule has 1 fully saturated rings. The number of rotatable bonds is 6. The van der Waals surface area contributed by atoms with Crippen LogP contribution < -0.4 is 4.74 Å². The Morgan fingerprint density at radius 2 is 1.72 bits per heavy atom. The summed E-state index contributed by atoms with van der Waals surface area (Å²) in [6, 6.07) is 12.1. The Morgan fingerprint density at radius 1 is 1.03 bits per heavy atom. The van der Waals surface area contributed by atoms with Crippen LogP contribution in [0.3, 0.4) is 0 Å². The minimum atomic E-state index is -3.54. The highest BCUT2D eigenvalue weighted by atomic mass is 32.2. The molecule has 0 unspecified atom stereocenters. The van der Waals surface area contributed by atoms with Crippen molar-refractivity contribution in [3.63, 3.8) is 0 Å². The van der Waals surface area contributed by atoms with Crippen LogP contribution in [0.15, 0.2) is 47.4 Å². The zero-order chi connectivity index (χ0) is 20.4. The molecule has 1 atom stereocenters. The van der Waals surface area contributed by atoms with Gasteiger partial charge in [0.25, 0.3) is 0 Å². The molecule has 7 heteroatoms. The summed E-state index contributed by atoms with van der Waals surface area (Å²) in [4.78, 5) is 13.0. The molecule has 0 saturated carbocycles. The predicted octanol–water partition coefficient (Wildman–Crippen LogP) is 2.85. The standard InChI is InChI=1S/C22H25NO5S/c1-16(22(24)19-6-5-17-3-2-4-18(17)15-19)28-20-7-9-21(10-8-20)29(25,26)23-11-13-27-14-12-23/h5-10,15-16H,2-4,11-14H2,1H3/t16-/m0/s1. The van der Waals surface area contributed by atoms with Crippen molar-refractivity contribution in [2.45, 2.75) is 37.2 Å². The van der Waals surface area contributed by atoms with E-state index in [0.29, 0.717) is 37.6 Å². The number of hydrogen-bond acceptors (Lipinski definition) is 5. The van der Waals surface area contributed by atoms with Crippen LogP contribution in [-0.4, -0.2) is 50.9 Å². The first-order chi connectivity index (χ1) is 13.9. The number of nitrogens with zero attached hydrogens (tertiary/aromatic N) is 1. The number of carbonyl (C=O) groups excluding carboxylic acids is 1. The molecule has 0 bridgehead atoms. The van der Waals surface area contributed by atoms with Crippen molar-refractivity contribution in [1.82, 2.24) is 4.31 Å². The van der Waals surface area contributed by atoms with E-state index in [2.05, 4.69) is 0 Å². The zero-order valence-electron chi connectivity index (χ0n) is 16.5. The van der Waals surface area contributed by atoms with E-state index in [-0.39, 0.29) is 10.7 Å². The lowest BCUT2D eigenvalue weighted by atomic mass is 10.0. The van der Waals surface area contributed by atoms with Crippen molar-refractivity contribution in [1.29, 1.82) is 0 Å². The number of hydrogen-bond donors (Lipinski definition) is 0. The van der Waals surface area contributed by atoms with Crippen LogP contribution >= 0.6 is 0 Å². The number of carbonyl (C=O) groups is 1. The second kappa shape index (κ2) is 8.26. The first kappa shape index (κ1) is 20.1. The van der Waals surface area contributed by atoms with Gasteiger partial charge in [0, 0.05) is 18.7 Å². The highest BCUT2D eigenvalue weighted by molar-refractivity contribution is 7.89. The van der Waals surface area contributed by atoms with Gasteiger partial charge in [0.2, 0.25) is 15.8 Å². The topological polar surface area (TPSA) is 72.9 Å². The van der Waals surface area contributed by atoms with Gasteiger partial charge in [0.05, 0.1) is 18.1 Å². The number of fused-ring (bicyclic) bond motifs is 1. The highest BCUT2D eigenvalue weighted by Gasteiger charge is 2.26. The number of ether oxygens (including phenoxy) is 2. The van der Waals surface area contributed by atoms with E-state index in [1.165, 1.54) is 27.6 Å². The number of ketones is 1. The fourth-order valence-electron chi connectivity index (χ4n) is 3.84. The normalized spacial score (nSPS) is 18.2. The molecule has 0 spiro atoms. The summed E-state index contributed by atoms with van der Waals surface area (Å²) in [6.45, 7) is 3.24.